The molecule has 0 aliphatic heterocycles. The van der Waals surface area contributed by atoms with Crippen LogP contribution in [-0.2, 0) is 5.41 Å². The zero-order chi connectivity index (χ0) is 14.9. The van der Waals surface area contributed by atoms with E-state index in [-0.39, 0.29) is 0 Å². The third-order valence-corrected chi connectivity index (χ3v) is 6.48. The van der Waals surface area contributed by atoms with Gasteiger partial charge >= 0.3 is 0 Å². The lowest BCUT2D eigenvalue weighted by Gasteiger charge is -2.24. The van der Waals surface area contributed by atoms with Crippen molar-refractivity contribution in [1.82, 2.24) is 0 Å². The second-order valence-electron chi connectivity index (χ2n) is 7.66. The summed E-state index contributed by atoms with van der Waals surface area (Å²) in [5.74, 6) is 3.04. The van der Waals surface area contributed by atoms with Gasteiger partial charge in [-0.3, -0.25) is 0 Å². The minimum atomic E-state index is 0.561. The number of benzene rings is 1. The van der Waals surface area contributed by atoms with Crippen LogP contribution in [0.4, 0.5) is 0 Å². The largest absolute Gasteiger partial charge is 0.0654 e. The quantitative estimate of drug-likeness (QED) is 0.518. The molecule has 1 aromatic rings. The van der Waals surface area contributed by atoms with Crippen LogP contribution in [0.15, 0.2) is 24.3 Å². The molecular formula is C21H32. The van der Waals surface area contributed by atoms with Gasteiger partial charge in [0.15, 0.2) is 0 Å². The van der Waals surface area contributed by atoms with E-state index in [9.17, 15) is 0 Å². The molecule has 0 amide bonds. The summed E-state index contributed by atoms with van der Waals surface area (Å²) in [5, 5.41) is 0. The van der Waals surface area contributed by atoms with Gasteiger partial charge in [-0.15, -0.1) is 0 Å². The predicted molar refractivity (Wildman–Crippen MR) is 91.6 cm³/mol. The van der Waals surface area contributed by atoms with Crippen molar-refractivity contribution in [3.8, 4) is 0 Å². The fourth-order valence-corrected chi connectivity index (χ4v) is 5.35. The highest BCUT2D eigenvalue weighted by molar-refractivity contribution is 5.40. The lowest BCUT2D eigenvalue weighted by Crippen LogP contribution is -2.16. The summed E-state index contributed by atoms with van der Waals surface area (Å²) in [7, 11) is 0. The Morgan fingerprint density at radius 3 is 2.43 bits per heavy atom. The van der Waals surface area contributed by atoms with Gasteiger partial charge in [0.1, 0.15) is 0 Å². The first-order chi connectivity index (χ1) is 10.2. The number of aryl methyl sites for hydroxylation is 1. The van der Waals surface area contributed by atoms with Crippen molar-refractivity contribution in [2.45, 2.75) is 77.6 Å². The van der Waals surface area contributed by atoms with E-state index in [1.54, 1.807) is 5.56 Å². The van der Waals surface area contributed by atoms with Gasteiger partial charge in [-0.1, -0.05) is 75.8 Å². The minimum Gasteiger partial charge on any atom is -0.0654 e. The monoisotopic (exact) mass is 284 g/mol. The highest BCUT2D eigenvalue weighted by atomic mass is 14.7. The summed E-state index contributed by atoms with van der Waals surface area (Å²) in [4.78, 5) is 0. The maximum absolute atomic E-state index is 2.46. The van der Waals surface area contributed by atoms with E-state index in [1.165, 1.54) is 56.9 Å². The van der Waals surface area contributed by atoms with Gasteiger partial charge in [0, 0.05) is 5.41 Å². The lowest BCUT2D eigenvalue weighted by atomic mass is 9.81. The van der Waals surface area contributed by atoms with Crippen LogP contribution in [0.2, 0.25) is 0 Å². The number of hydrogen-bond donors (Lipinski definition) is 0. The molecule has 0 saturated heterocycles. The lowest BCUT2D eigenvalue weighted by molar-refractivity contribution is 0.366. The summed E-state index contributed by atoms with van der Waals surface area (Å²) in [6.07, 6.45) is 11.6. The smallest absolute Gasteiger partial charge is 0.00131 e. The van der Waals surface area contributed by atoms with Crippen LogP contribution in [0.3, 0.4) is 0 Å². The van der Waals surface area contributed by atoms with Crippen LogP contribution in [0.5, 0.6) is 0 Å². The maximum Gasteiger partial charge on any atom is 0.00131 e. The van der Waals surface area contributed by atoms with Gasteiger partial charge in [-0.2, -0.15) is 0 Å². The molecule has 0 aromatic heterocycles. The Labute approximate surface area is 131 Å². The minimum absolute atomic E-state index is 0.561. The predicted octanol–water partition coefficient (Wildman–Crippen LogP) is 6.27. The van der Waals surface area contributed by atoms with Crippen molar-refractivity contribution >= 4 is 0 Å². The van der Waals surface area contributed by atoms with E-state index in [2.05, 4.69) is 45.0 Å². The van der Waals surface area contributed by atoms with Crippen molar-refractivity contribution in [2.75, 3.05) is 0 Å². The molecule has 116 valence electrons. The van der Waals surface area contributed by atoms with Gasteiger partial charge in [0.05, 0.1) is 0 Å². The third kappa shape index (κ3) is 2.67. The number of unbranched alkanes of at least 4 members (excludes halogenated alkanes) is 3. The second kappa shape index (κ2) is 6.15. The number of hydrogen-bond acceptors (Lipinski definition) is 0. The summed E-state index contributed by atoms with van der Waals surface area (Å²) in [6, 6.07) is 9.35. The molecule has 0 nitrogen and oxygen atoms in total. The first-order valence-corrected chi connectivity index (χ1v) is 9.29. The van der Waals surface area contributed by atoms with E-state index < -0.39 is 0 Å². The Morgan fingerprint density at radius 1 is 1.05 bits per heavy atom. The number of rotatable bonds is 7. The van der Waals surface area contributed by atoms with E-state index in [1.807, 2.05) is 0 Å². The molecule has 0 spiro atoms. The standard InChI is InChI=1S/C21H32/c1-4-6-7-8-11-17-14-19-20(15-17)21(19,5-2)18-12-9-10-16(3)13-18/h9-10,12-13,17,19-20H,4-8,11,14-15H2,1-3H3. The van der Waals surface area contributed by atoms with E-state index >= 15 is 0 Å². The molecule has 1 aromatic carbocycles. The molecule has 0 heterocycles. The van der Waals surface area contributed by atoms with Crippen molar-refractivity contribution in [1.29, 1.82) is 0 Å². The Balaban J connectivity index is 1.58. The molecule has 2 fully saturated rings. The molecule has 2 aliphatic rings. The molecule has 21 heavy (non-hydrogen) atoms. The number of fused-ring (bicyclic) bond motifs is 1. The van der Waals surface area contributed by atoms with Crippen LogP contribution in [0.25, 0.3) is 0 Å². The second-order valence-corrected chi connectivity index (χ2v) is 7.66. The van der Waals surface area contributed by atoms with Crippen LogP contribution in [0.1, 0.15) is 76.3 Å². The van der Waals surface area contributed by atoms with Crippen molar-refractivity contribution in [2.24, 2.45) is 17.8 Å². The first kappa shape index (κ1) is 15.1. The van der Waals surface area contributed by atoms with Crippen molar-refractivity contribution in [3.63, 3.8) is 0 Å². The van der Waals surface area contributed by atoms with Gasteiger partial charge in [-0.05, 0) is 49.5 Å². The van der Waals surface area contributed by atoms with Crippen LogP contribution < -0.4 is 0 Å². The molecule has 2 aliphatic carbocycles. The highest BCUT2D eigenvalue weighted by Crippen LogP contribution is 2.71. The normalized spacial score (nSPS) is 34.0. The summed E-state index contributed by atoms with van der Waals surface area (Å²) < 4.78 is 0. The average molecular weight is 284 g/mol. The van der Waals surface area contributed by atoms with Gasteiger partial charge in [0.2, 0.25) is 0 Å². The Hall–Kier alpha value is -0.780. The molecule has 0 heteroatoms. The molecular weight excluding hydrogens is 252 g/mol. The molecule has 2 atom stereocenters. The Morgan fingerprint density at radius 2 is 1.81 bits per heavy atom. The van der Waals surface area contributed by atoms with Gasteiger partial charge in [0.25, 0.3) is 0 Å². The van der Waals surface area contributed by atoms with Crippen molar-refractivity contribution < 1.29 is 0 Å². The summed E-state index contributed by atoms with van der Waals surface area (Å²) >= 11 is 0. The van der Waals surface area contributed by atoms with E-state index in [0.717, 1.165) is 17.8 Å². The van der Waals surface area contributed by atoms with E-state index in [4.69, 9.17) is 0 Å². The molecule has 3 rings (SSSR count). The third-order valence-electron chi connectivity index (χ3n) is 6.48. The molecule has 2 unspecified atom stereocenters. The fraction of sp³-hybridized carbons (Fsp3) is 0.714. The molecule has 2 saturated carbocycles. The molecule has 0 bridgehead atoms. The summed E-state index contributed by atoms with van der Waals surface area (Å²) in [6.45, 7) is 6.96. The summed E-state index contributed by atoms with van der Waals surface area (Å²) in [5.41, 5.74) is 3.64. The average Bonchev–Trinajstić information content (AvgIpc) is 2.87. The first-order valence-electron chi connectivity index (χ1n) is 9.29. The van der Waals surface area contributed by atoms with Crippen LogP contribution in [0, 0.1) is 24.7 Å². The maximum atomic E-state index is 2.46. The zero-order valence-corrected chi connectivity index (χ0v) is 14.2. The van der Waals surface area contributed by atoms with E-state index in [0.29, 0.717) is 5.41 Å². The van der Waals surface area contributed by atoms with Crippen molar-refractivity contribution in [3.05, 3.63) is 35.4 Å². The van der Waals surface area contributed by atoms with Crippen LogP contribution >= 0.6 is 0 Å². The highest BCUT2D eigenvalue weighted by Gasteiger charge is 2.66. The zero-order valence-electron chi connectivity index (χ0n) is 14.2. The van der Waals surface area contributed by atoms with Crippen LogP contribution in [-0.4, -0.2) is 0 Å². The van der Waals surface area contributed by atoms with Gasteiger partial charge in [-0.25, -0.2) is 0 Å². The molecule has 0 N–H and O–H groups in total. The Bertz CT molecular complexity index is 461. The van der Waals surface area contributed by atoms with Gasteiger partial charge < -0.3 is 0 Å². The topological polar surface area (TPSA) is 0 Å². The SMILES string of the molecule is CCCCCCC1CC2C(C1)C2(CC)c1cccc(C)c1. The fourth-order valence-electron chi connectivity index (χ4n) is 5.35. The molecule has 0 radical (unpaired) electrons. The Kier molecular flexibility index (Phi) is 4.43.